The number of hydrogen-bond donors (Lipinski definition) is 1. The normalized spacial score (nSPS) is 31.6. The summed E-state index contributed by atoms with van der Waals surface area (Å²) in [4.78, 5) is 0. The number of benzene rings is 1. The molecule has 0 bridgehead atoms. The first kappa shape index (κ1) is 15.1. The fraction of sp³-hybridized carbons (Fsp3) is 0.625. The highest BCUT2D eigenvalue weighted by molar-refractivity contribution is 14.1. The van der Waals surface area contributed by atoms with Crippen molar-refractivity contribution < 1.29 is 9.84 Å². The fourth-order valence-electron chi connectivity index (χ4n) is 3.35. The van der Waals surface area contributed by atoms with Crippen LogP contribution in [0.5, 0.6) is 0 Å². The molecule has 2 saturated heterocycles. The van der Waals surface area contributed by atoms with E-state index in [-0.39, 0.29) is 11.7 Å². The van der Waals surface area contributed by atoms with Gasteiger partial charge in [0.15, 0.2) is 0 Å². The standard InChI is InChI=1S/C16H21IO2S/c1-11-3-2-4-13(14(11)17)15(18)12-5-7-19-16(9-12)6-8-20-10-16/h2-4,12,15,18H,5-10H2,1H3. The van der Waals surface area contributed by atoms with Crippen molar-refractivity contribution in [3.05, 3.63) is 32.9 Å². The number of rotatable bonds is 2. The van der Waals surface area contributed by atoms with E-state index in [0.29, 0.717) is 5.92 Å². The number of hydrogen-bond acceptors (Lipinski definition) is 3. The fourth-order valence-corrected chi connectivity index (χ4v) is 5.41. The summed E-state index contributed by atoms with van der Waals surface area (Å²) < 4.78 is 7.27. The van der Waals surface area contributed by atoms with Crippen molar-refractivity contribution in [2.24, 2.45) is 5.92 Å². The maximum atomic E-state index is 10.8. The third-order valence-corrected chi connectivity index (χ3v) is 7.28. The lowest BCUT2D eigenvalue weighted by Gasteiger charge is -2.39. The lowest BCUT2D eigenvalue weighted by molar-refractivity contribution is -0.102. The molecule has 3 rings (SSSR count). The summed E-state index contributed by atoms with van der Waals surface area (Å²) >= 11 is 4.35. The van der Waals surface area contributed by atoms with Crippen molar-refractivity contribution in [1.82, 2.24) is 0 Å². The predicted molar refractivity (Wildman–Crippen MR) is 92.2 cm³/mol. The molecule has 2 nitrogen and oxygen atoms in total. The predicted octanol–water partition coefficient (Wildman–Crippen LogP) is 3.94. The highest BCUT2D eigenvalue weighted by Gasteiger charge is 2.42. The van der Waals surface area contributed by atoms with E-state index in [2.05, 4.69) is 47.7 Å². The number of aliphatic hydroxyl groups excluding tert-OH is 1. The van der Waals surface area contributed by atoms with Gasteiger partial charge in [0, 0.05) is 15.9 Å². The molecule has 0 amide bonds. The van der Waals surface area contributed by atoms with Crippen molar-refractivity contribution in [3.8, 4) is 0 Å². The average molecular weight is 404 g/mol. The van der Waals surface area contributed by atoms with Crippen molar-refractivity contribution in [2.75, 3.05) is 18.1 Å². The molecule has 1 aromatic carbocycles. The van der Waals surface area contributed by atoms with Crippen LogP contribution in [-0.2, 0) is 4.74 Å². The Balaban J connectivity index is 1.79. The summed E-state index contributed by atoms with van der Waals surface area (Å²) in [5.41, 5.74) is 2.39. The Morgan fingerprint density at radius 3 is 3.10 bits per heavy atom. The first-order chi connectivity index (χ1) is 9.61. The molecule has 3 atom stereocenters. The Morgan fingerprint density at radius 2 is 2.35 bits per heavy atom. The molecule has 4 heteroatoms. The Labute approximate surface area is 138 Å². The van der Waals surface area contributed by atoms with E-state index in [0.717, 1.165) is 37.2 Å². The molecular formula is C16H21IO2S. The Bertz CT molecular complexity index is 485. The maximum absolute atomic E-state index is 10.8. The largest absolute Gasteiger partial charge is 0.388 e. The minimum Gasteiger partial charge on any atom is -0.388 e. The van der Waals surface area contributed by atoms with E-state index in [1.807, 2.05) is 11.8 Å². The highest BCUT2D eigenvalue weighted by Crippen LogP contribution is 2.44. The third kappa shape index (κ3) is 2.89. The zero-order chi connectivity index (χ0) is 14.2. The summed E-state index contributed by atoms with van der Waals surface area (Å²) in [6.45, 7) is 2.90. The molecule has 2 heterocycles. The van der Waals surface area contributed by atoms with E-state index >= 15 is 0 Å². The van der Waals surface area contributed by atoms with E-state index in [1.165, 1.54) is 14.9 Å². The van der Waals surface area contributed by atoms with E-state index in [4.69, 9.17) is 4.74 Å². The molecule has 0 saturated carbocycles. The lowest BCUT2D eigenvalue weighted by Crippen LogP contribution is -2.41. The molecule has 1 spiro atoms. The number of ether oxygens (including phenoxy) is 1. The highest BCUT2D eigenvalue weighted by atomic mass is 127. The van der Waals surface area contributed by atoms with Gasteiger partial charge in [-0.25, -0.2) is 0 Å². The van der Waals surface area contributed by atoms with E-state index in [1.54, 1.807) is 0 Å². The van der Waals surface area contributed by atoms with Gasteiger partial charge in [0.1, 0.15) is 0 Å². The maximum Gasteiger partial charge on any atom is 0.0830 e. The van der Waals surface area contributed by atoms with Crippen molar-refractivity contribution in [2.45, 2.75) is 37.9 Å². The molecule has 2 aliphatic rings. The summed E-state index contributed by atoms with van der Waals surface area (Å²) in [7, 11) is 0. The van der Waals surface area contributed by atoms with Crippen LogP contribution < -0.4 is 0 Å². The van der Waals surface area contributed by atoms with Crippen molar-refractivity contribution in [1.29, 1.82) is 0 Å². The third-order valence-electron chi connectivity index (χ3n) is 4.59. The molecule has 0 aliphatic carbocycles. The second kappa shape index (κ2) is 6.15. The van der Waals surface area contributed by atoms with Gasteiger partial charge in [-0.2, -0.15) is 11.8 Å². The quantitative estimate of drug-likeness (QED) is 0.758. The smallest absolute Gasteiger partial charge is 0.0830 e. The first-order valence-corrected chi connectivity index (χ1v) is 9.49. The number of thioether (sulfide) groups is 1. The van der Waals surface area contributed by atoms with Crippen LogP contribution in [0.1, 0.15) is 36.5 Å². The monoisotopic (exact) mass is 404 g/mol. The van der Waals surface area contributed by atoms with Crippen LogP contribution in [0, 0.1) is 16.4 Å². The molecule has 1 N–H and O–H groups in total. The molecule has 2 fully saturated rings. The van der Waals surface area contributed by atoms with Crippen LogP contribution in [-0.4, -0.2) is 28.8 Å². The van der Waals surface area contributed by atoms with Gasteiger partial charge in [0.05, 0.1) is 11.7 Å². The van der Waals surface area contributed by atoms with Gasteiger partial charge in [-0.3, -0.25) is 0 Å². The molecule has 2 aliphatic heterocycles. The lowest BCUT2D eigenvalue weighted by atomic mass is 9.80. The molecule has 3 unspecified atom stereocenters. The SMILES string of the molecule is Cc1cccc(C(O)C2CCOC3(CCSC3)C2)c1I. The topological polar surface area (TPSA) is 29.5 Å². The van der Waals surface area contributed by atoms with Crippen LogP contribution in [0.3, 0.4) is 0 Å². The first-order valence-electron chi connectivity index (χ1n) is 7.26. The Morgan fingerprint density at radius 1 is 1.50 bits per heavy atom. The number of aliphatic hydroxyl groups is 1. The summed E-state index contributed by atoms with van der Waals surface area (Å²) in [5, 5.41) is 10.8. The minimum atomic E-state index is -0.354. The molecule has 0 radical (unpaired) electrons. The van der Waals surface area contributed by atoms with Crippen LogP contribution in [0.15, 0.2) is 18.2 Å². The van der Waals surface area contributed by atoms with Crippen molar-refractivity contribution >= 4 is 34.4 Å². The van der Waals surface area contributed by atoms with Crippen molar-refractivity contribution in [3.63, 3.8) is 0 Å². The zero-order valence-electron chi connectivity index (χ0n) is 11.8. The van der Waals surface area contributed by atoms with Crippen LogP contribution >= 0.6 is 34.4 Å². The van der Waals surface area contributed by atoms with Crippen LogP contribution in [0.2, 0.25) is 0 Å². The van der Waals surface area contributed by atoms with E-state index < -0.39 is 0 Å². The second-order valence-corrected chi connectivity index (χ2v) is 8.19. The van der Waals surface area contributed by atoms with Gasteiger partial charge in [0.25, 0.3) is 0 Å². The number of aryl methyl sites for hydroxylation is 1. The van der Waals surface area contributed by atoms with Gasteiger partial charge in [0.2, 0.25) is 0 Å². The van der Waals surface area contributed by atoms with Crippen LogP contribution in [0.25, 0.3) is 0 Å². The molecule has 20 heavy (non-hydrogen) atoms. The molecule has 0 aromatic heterocycles. The Kier molecular flexibility index (Phi) is 4.65. The second-order valence-electron chi connectivity index (χ2n) is 6.01. The zero-order valence-corrected chi connectivity index (χ0v) is 14.7. The van der Waals surface area contributed by atoms with E-state index in [9.17, 15) is 5.11 Å². The minimum absolute atomic E-state index is 0.0455. The summed E-state index contributed by atoms with van der Waals surface area (Å²) in [6, 6.07) is 6.23. The Hall–Kier alpha value is 0.220. The summed E-state index contributed by atoms with van der Waals surface area (Å²) in [5.74, 6) is 2.63. The van der Waals surface area contributed by atoms with Gasteiger partial charge in [-0.1, -0.05) is 18.2 Å². The van der Waals surface area contributed by atoms with Gasteiger partial charge < -0.3 is 9.84 Å². The summed E-state index contributed by atoms with van der Waals surface area (Å²) in [6.07, 6.45) is 2.77. The van der Waals surface area contributed by atoms with Gasteiger partial charge in [-0.05, 0) is 71.6 Å². The van der Waals surface area contributed by atoms with Gasteiger partial charge >= 0.3 is 0 Å². The molecular weight excluding hydrogens is 383 g/mol. The van der Waals surface area contributed by atoms with Crippen LogP contribution in [0.4, 0.5) is 0 Å². The molecule has 1 aromatic rings. The average Bonchev–Trinajstić information content (AvgIpc) is 2.89. The van der Waals surface area contributed by atoms with Gasteiger partial charge in [-0.15, -0.1) is 0 Å². The number of halogens is 1. The molecule has 110 valence electrons.